The zero-order valence-corrected chi connectivity index (χ0v) is 25.6. The van der Waals surface area contributed by atoms with Gasteiger partial charge in [0.05, 0.1) is 23.5 Å². The Kier molecular flexibility index (Phi) is 7.78. The van der Waals surface area contributed by atoms with Gasteiger partial charge in [-0.25, -0.2) is 0 Å². The second kappa shape index (κ2) is 10.1. The number of hydrogen-bond acceptors (Lipinski definition) is 8. The number of hydrogen-bond donors (Lipinski definition) is 3. The van der Waals surface area contributed by atoms with Gasteiger partial charge in [-0.05, 0) is 60.3 Å². The van der Waals surface area contributed by atoms with Crippen molar-refractivity contribution in [2.24, 2.45) is 45.3 Å². The van der Waals surface area contributed by atoms with Crippen LogP contribution in [0.2, 0.25) is 0 Å². The number of carboxylic acid groups (broad SMARTS) is 1. The number of aliphatic carboxylic acids is 1. The Morgan fingerprint density at radius 2 is 1.63 bits per heavy atom. The molecule has 0 aliphatic heterocycles. The molecule has 0 spiro atoms. The van der Waals surface area contributed by atoms with Crippen molar-refractivity contribution in [3.05, 3.63) is 11.1 Å². The maximum absolute atomic E-state index is 14.6. The van der Waals surface area contributed by atoms with Gasteiger partial charge < -0.3 is 20.1 Å². The molecule has 0 saturated heterocycles. The molecule has 2 fully saturated rings. The molecule has 41 heavy (non-hydrogen) atoms. The van der Waals surface area contributed by atoms with E-state index in [1.807, 2.05) is 27.7 Å². The first kappa shape index (κ1) is 31.5. The average Bonchev–Trinajstić information content (AvgIpc) is 3.07. The second-order valence-corrected chi connectivity index (χ2v) is 14.5. The lowest BCUT2D eigenvalue weighted by Gasteiger charge is -2.62. The standard InChI is InChI=1S/C32H46O9/c1-15(11-18(34)12-16(2)28(39)40)19-13-23(37)32(8)24-20(35)14-21-29(4,5)22(36)9-10-30(21,6)25(24)26(38)27(31(19,32)7)41-17(3)33/h15-16,19-22,27,35-36H,9-14H2,1-8H3,(H,39,40)/t15?,16?,19?,20-,21?,22-,27+,30-,31-,32-/m1/s1. The molecule has 0 bridgehead atoms. The molecule has 4 aliphatic carbocycles. The lowest BCUT2D eigenvalue weighted by Crippen LogP contribution is -2.65. The maximum Gasteiger partial charge on any atom is 0.306 e. The first-order valence-electron chi connectivity index (χ1n) is 14.9. The number of ether oxygens (including phenoxy) is 1. The van der Waals surface area contributed by atoms with Gasteiger partial charge in [0.25, 0.3) is 0 Å². The molecule has 0 aromatic heterocycles. The summed E-state index contributed by atoms with van der Waals surface area (Å²) in [6.45, 7) is 13.9. The van der Waals surface area contributed by atoms with Crippen LogP contribution in [0.3, 0.4) is 0 Å². The third-order valence-electron chi connectivity index (χ3n) is 12.0. The molecule has 4 unspecified atom stereocenters. The van der Waals surface area contributed by atoms with E-state index >= 15 is 0 Å². The largest absolute Gasteiger partial charge is 0.481 e. The smallest absolute Gasteiger partial charge is 0.306 e. The molecule has 4 rings (SSSR count). The van der Waals surface area contributed by atoms with Crippen LogP contribution in [-0.4, -0.2) is 62.9 Å². The predicted octanol–water partition coefficient (Wildman–Crippen LogP) is 3.67. The fourth-order valence-electron chi connectivity index (χ4n) is 9.45. The van der Waals surface area contributed by atoms with Crippen LogP contribution in [0.5, 0.6) is 0 Å². The number of Topliss-reactive ketones (excluding diaryl/α,β-unsaturated/α-hetero) is 3. The van der Waals surface area contributed by atoms with Crippen molar-refractivity contribution in [1.29, 1.82) is 0 Å². The van der Waals surface area contributed by atoms with Crippen molar-refractivity contribution in [2.75, 3.05) is 0 Å². The van der Waals surface area contributed by atoms with Crippen LogP contribution in [-0.2, 0) is 28.7 Å². The predicted molar refractivity (Wildman–Crippen MR) is 148 cm³/mol. The molecular formula is C32H46O9. The van der Waals surface area contributed by atoms with E-state index in [1.54, 1.807) is 13.8 Å². The Bertz CT molecular complexity index is 1220. The number of rotatable bonds is 7. The van der Waals surface area contributed by atoms with Crippen LogP contribution in [0.25, 0.3) is 0 Å². The van der Waals surface area contributed by atoms with E-state index in [4.69, 9.17) is 4.74 Å². The highest BCUT2D eigenvalue weighted by Gasteiger charge is 2.74. The van der Waals surface area contributed by atoms with Crippen LogP contribution in [0.4, 0.5) is 0 Å². The Hall–Kier alpha value is -2.39. The van der Waals surface area contributed by atoms with E-state index < -0.39 is 75.4 Å². The topological polar surface area (TPSA) is 155 Å². The highest BCUT2D eigenvalue weighted by Crippen LogP contribution is 2.71. The minimum Gasteiger partial charge on any atom is -0.481 e. The van der Waals surface area contributed by atoms with E-state index in [1.165, 1.54) is 13.8 Å². The van der Waals surface area contributed by atoms with Gasteiger partial charge >= 0.3 is 11.9 Å². The van der Waals surface area contributed by atoms with Crippen LogP contribution in [0.1, 0.15) is 93.9 Å². The van der Waals surface area contributed by atoms with E-state index in [-0.39, 0.29) is 43.2 Å². The van der Waals surface area contributed by atoms with Crippen LogP contribution < -0.4 is 0 Å². The minimum absolute atomic E-state index is 0.0164. The minimum atomic E-state index is -1.33. The van der Waals surface area contributed by atoms with Crippen LogP contribution >= 0.6 is 0 Å². The van der Waals surface area contributed by atoms with Gasteiger partial charge in [-0.3, -0.25) is 24.0 Å². The molecule has 0 aromatic carbocycles. The first-order chi connectivity index (χ1) is 18.8. The van der Waals surface area contributed by atoms with E-state index in [9.17, 15) is 39.3 Å². The molecule has 9 heteroatoms. The highest BCUT2D eigenvalue weighted by atomic mass is 16.5. The molecule has 0 heterocycles. The number of aliphatic hydroxyl groups excluding tert-OH is 2. The van der Waals surface area contributed by atoms with Crippen LogP contribution in [0.15, 0.2) is 11.1 Å². The van der Waals surface area contributed by atoms with Gasteiger partial charge in [-0.15, -0.1) is 0 Å². The number of aliphatic hydroxyl groups is 2. The van der Waals surface area contributed by atoms with Gasteiger partial charge in [0, 0.05) is 37.2 Å². The molecule has 10 atom stereocenters. The van der Waals surface area contributed by atoms with Gasteiger partial charge in [0.2, 0.25) is 5.78 Å². The van der Waals surface area contributed by atoms with Gasteiger partial charge in [-0.2, -0.15) is 0 Å². The lowest BCUT2D eigenvalue weighted by atomic mass is 9.41. The zero-order chi connectivity index (χ0) is 31.0. The number of carbonyl (C=O) groups excluding carboxylic acids is 4. The Balaban J connectivity index is 1.87. The molecule has 3 N–H and O–H groups in total. The maximum atomic E-state index is 14.6. The van der Waals surface area contributed by atoms with Crippen molar-refractivity contribution in [1.82, 2.24) is 0 Å². The summed E-state index contributed by atoms with van der Waals surface area (Å²) in [7, 11) is 0. The summed E-state index contributed by atoms with van der Waals surface area (Å²) in [5.41, 5.74) is -3.15. The second-order valence-electron chi connectivity index (χ2n) is 14.5. The van der Waals surface area contributed by atoms with Gasteiger partial charge in [0.1, 0.15) is 11.6 Å². The fraction of sp³-hybridized carbons (Fsp3) is 0.781. The fourth-order valence-corrected chi connectivity index (χ4v) is 9.45. The van der Waals surface area contributed by atoms with Crippen molar-refractivity contribution in [2.45, 2.75) is 112 Å². The third-order valence-corrected chi connectivity index (χ3v) is 12.0. The SMILES string of the molecule is CC(=O)O[C@H]1C(=O)C2=C([C@H](O)CC3C(C)(C)[C@H](O)CC[C@@]23C)[C@@]2(C)C(=O)CC(C(C)CC(=O)CC(C)C(=O)O)[C@]12C. The summed E-state index contributed by atoms with van der Waals surface area (Å²) in [6.07, 6.45) is -1.87. The summed E-state index contributed by atoms with van der Waals surface area (Å²) in [5.74, 6) is -4.60. The molecule has 0 amide bonds. The van der Waals surface area contributed by atoms with Gasteiger partial charge in [0.15, 0.2) is 6.10 Å². The average molecular weight is 575 g/mol. The number of carboxylic acids is 1. The van der Waals surface area contributed by atoms with Crippen molar-refractivity contribution in [3.8, 4) is 0 Å². The highest BCUT2D eigenvalue weighted by molar-refractivity contribution is 6.08. The summed E-state index contributed by atoms with van der Waals surface area (Å²) >= 11 is 0. The van der Waals surface area contributed by atoms with Crippen molar-refractivity contribution < 1.29 is 44.0 Å². The zero-order valence-electron chi connectivity index (χ0n) is 25.6. The van der Waals surface area contributed by atoms with E-state index in [2.05, 4.69) is 0 Å². The molecule has 9 nitrogen and oxygen atoms in total. The summed E-state index contributed by atoms with van der Waals surface area (Å²) in [5, 5.41) is 31.9. The molecular weight excluding hydrogens is 528 g/mol. The molecule has 0 radical (unpaired) electrons. The normalized spacial score (nSPS) is 41.2. The lowest BCUT2D eigenvalue weighted by molar-refractivity contribution is -0.178. The Morgan fingerprint density at radius 1 is 1.02 bits per heavy atom. The van der Waals surface area contributed by atoms with Crippen molar-refractivity contribution >= 4 is 29.3 Å². The van der Waals surface area contributed by atoms with E-state index in [0.29, 0.717) is 24.0 Å². The number of fused-ring (bicyclic) bond motifs is 4. The number of carbonyl (C=O) groups is 5. The summed E-state index contributed by atoms with van der Waals surface area (Å²) in [4.78, 5) is 65.5. The number of ketones is 3. The number of esters is 1. The van der Waals surface area contributed by atoms with Gasteiger partial charge in [-0.1, -0.05) is 41.5 Å². The Morgan fingerprint density at radius 3 is 2.20 bits per heavy atom. The third kappa shape index (κ3) is 4.36. The molecule has 0 aromatic rings. The monoisotopic (exact) mass is 574 g/mol. The Labute approximate surface area is 242 Å². The van der Waals surface area contributed by atoms with Crippen LogP contribution in [0, 0.1) is 45.3 Å². The molecule has 2 saturated carbocycles. The van der Waals surface area contributed by atoms with Crippen molar-refractivity contribution in [3.63, 3.8) is 0 Å². The van der Waals surface area contributed by atoms with E-state index in [0.717, 1.165) is 0 Å². The summed E-state index contributed by atoms with van der Waals surface area (Å²) < 4.78 is 5.83. The first-order valence-corrected chi connectivity index (χ1v) is 14.9. The quantitative estimate of drug-likeness (QED) is 0.386. The molecule has 228 valence electrons. The summed E-state index contributed by atoms with van der Waals surface area (Å²) in [6, 6.07) is 0. The molecule has 4 aliphatic rings.